The van der Waals surface area contributed by atoms with Crippen LogP contribution in [0.5, 0.6) is 0 Å². The molecule has 1 heterocycles. The zero-order valence-corrected chi connectivity index (χ0v) is 13.4. The summed E-state index contributed by atoms with van der Waals surface area (Å²) < 4.78 is 31.7. The number of carbonyl (C=O) groups is 1. The number of amides is 1. The second-order valence-electron chi connectivity index (χ2n) is 5.64. The molecule has 1 N–H and O–H groups in total. The molecule has 1 aromatic carbocycles. The summed E-state index contributed by atoms with van der Waals surface area (Å²) in [5, 5.41) is 4.43. The highest BCUT2D eigenvalue weighted by Crippen LogP contribution is 2.20. The molecule has 0 radical (unpaired) electrons. The van der Waals surface area contributed by atoms with Gasteiger partial charge in [-0.25, -0.2) is 13.1 Å². The van der Waals surface area contributed by atoms with E-state index in [1.54, 1.807) is 24.3 Å². The van der Waals surface area contributed by atoms with Crippen molar-refractivity contribution in [3.05, 3.63) is 41.6 Å². The second kappa shape index (κ2) is 6.54. The molecule has 0 bridgehead atoms. The van der Waals surface area contributed by atoms with Crippen molar-refractivity contribution in [2.45, 2.75) is 37.9 Å². The molecule has 0 saturated carbocycles. The van der Waals surface area contributed by atoms with Crippen molar-refractivity contribution < 1.29 is 17.7 Å². The van der Waals surface area contributed by atoms with E-state index in [1.807, 2.05) is 6.08 Å². The fraction of sp³-hybridized carbons (Fsp3) is 0.375. The van der Waals surface area contributed by atoms with Crippen LogP contribution in [0.1, 0.15) is 37.8 Å². The average Bonchev–Trinajstić information content (AvgIpc) is 2.74. The molecule has 23 heavy (non-hydrogen) atoms. The van der Waals surface area contributed by atoms with E-state index in [-0.39, 0.29) is 5.75 Å². The lowest BCUT2D eigenvalue weighted by Crippen LogP contribution is -2.32. The molecule has 2 aromatic rings. The average molecular weight is 334 g/mol. The van der Waals surface area contributed by atoms with E-state index in [9.17, 15) is 13.2 Å². The number of hydrogen-bond donors (Lipinski definition) is 1. The fourth-order valence-corrected chi connectivity index (χ4v) is 3.74. The predicted octanol–water partition coefficient (Wildman–Crippen LogP) is 2.66. The smallest absolute Gasteiger partial charge is 0.260 e. The van der Waals surface area contributed by atoms with E-state index in [0.717, 1.165) is 25.7 Å². The number of fused-ring (bicyclic) bond motifs is 1. The number of benzene rings is 1. The van der Waals surface area contributed by atoms with Gasteiger partial charge in [-0.15, -0.1) is 0 Å². The summed E-state index contributed by atoms with van der Waals surface area (Å²) >= 11 is 0. The van der Waals surface area contributed by atoms with Crippen molar-refractivity contribution in [2.75, 3.05) is 0 Å². The van der Waals surface area contributed by atoms with Gasteiger partial charge in [0.25, 0.3) is 5.91 Å². The number of allylic oxidation sites excluding steroid dienone is 1. The monoisotopic (exact) mass is 334 g/mol. The Labute approximate surface area is 134 Å². The van der Waals surface area contributed by atoms with Crippen molar-refractivity contribution >= 4 is 26.9 Å². The number of nitrogens with one attached hydrogen (secondary N) is 1. The summed E-state index contributed by atoms with van der Waals surface area (Å²) in [6.45, 7) is 0. The molecule has 6 nitrogen and oxygen atoms in total. The van der Waals surface area contributed by atoms with Gasteiger partial charge in [-0.3, -0.25) is 4.79 Å². The number of para-hydroxylation sites is 1. The first-order valence-corrected chi connectivity index (χ1v) is 9.27. The second-order valence-corrected chi connectivity index (χ2v) is 7.37. The minimum Gasteiger partial charge on any atom is -0.356 e. The Kier molecular flexibility index (Phi) is 4.47. The summed E-state index contributed by atoms with van der Waals surface area (Å²) in [5.41, 5.74) is 1.38. The first kappa shape index (κ1) is 15.7. The van der Waals surface area contributed by atoms with Crippen molar-refractivity contribution in [3.63, 3.8) is 0 Å². The highest BCUT2D eigenvalue weighted by molar-refractivity contribution is 7.89. The lowest BCUT2D eigenvalue weighted by Gasteiger charge is -2.07. The van der Waals surface area contributed by atoms with Crippen molar-refractivity contribution in [3.8, 4) is 0 Å². The molecule has 0 saturated heterocycles. The number of carbonyl (C=O) groups excluding carboxylic acids is 1. The molecule has 0 spiro atoms. The number of nitrogens with zero attached hydrogens (tertiary/aromatic N) is 1. The zero-order valence-electron chi connectivity index (χ0n) is 12.6. The topological polar surface area (TPSA) is 89.3 Å². The minimum atomic E-state index is -3.82. The maximum atomic E-state index is 12.2. The Bertz CT molecular complexity index is 852. The molecule has 0 fully saturated rings. The van der Waals surface area contributed by atoms with E-state index in [0.29, 0.717) is 28.7 Å². The van der Waals surface area contributed by atoms with Gasteiger partial charge in [0.05, 0.1) is 0 Å². The summed E-state index contributed by atoms with van der Waals surface area (Å²) in [4.78, 5) is 12.2. The Morgan fingerprint density at radius 3 is 2.91 bits per heavy atom. The molecule has 7 heteroatoms. The fourth-order valence-electron chi connectivity index (χ4n) is 2.69. The van der Waals surface area contributed by atoms with Crippen LogP contribution in [0.2, 0.25) is 0 Å². The molecule has 0 aliphatic heterocycles. The van der Waals surface area contributed by atoms with Crippen LogP contribution in [0.4, 0.5) is 0 Å². The summed E-state index contributed by atoms with van der Waals surface area (Å²) in [5.74, 6) is -0.914. The molecule has 1 aromatic heterocycles. The van der Waals surface area contributed by atoms with Crippen molar-refractivity contribution in [1.82, 2.24) is 9.88 Å². The van der Waals surface area contributed by atoms with E-state index in [4.69, 9.17) is 4.52 Å². The molecule has 3 rings (SSSR count). The number of sulfonamides is 1. The Morgan fingerprint density at radius 1 is 1.22 bits per heavy atom. The lowest BCUT2D eigenvalue weighted by atomic mass is 10.1. The van der Waals surface area contributed by atoms with Gasteiger partial charge < -0.3 is 4.52 Å². The van der Waals surface area contributed by atoms with Crippen molar-refractivity contribution in [1.29, 1.82) is 0 Å². The van der Waals surface area contributed by atoms with Crippen LogP contribution in [0.15, 0.2) is 40.4 Å². The lowest BCUT2D eigenvalue weighted by molar-refractivity contribution is -0.116. The third kappa shape index (κ3) is 3.79. The molecule has 0 atom stereocenters. The SMILES string of the molecule is O=C(NS(=O)(=O)Cc1noc2ccccc12)C1=CCCCCC1. The van der Waals surface area contributed by atoms with Gasteiger partial charge in [0.2, 0.25) is 10.0 Å². The quantitative estimate of drug-likeness (QED) is 0.928. The minimum absolute atomic E-state index is 0.302. The number of hydrogen-bond acceptors (Lipinski definition) is 5. The highest BCUT2D eigenvalue weighted by Gasteiger charge is 2.22. The maximum Gasteiger partial charge on any atom is 0.260 e. The van der Waals surface area contributed by atoms with Crippen LogP contribution in [0, 0.1) is 0 Å². The first-order valence-electron chi connectivity index (χ1n) is 7.62. The van der Waals surface area contributed by atoms with E-state index in [2.05, 4.69) is 9.88 Å². The number of rotatable bonds is 4. The molecule has 1 amide bonds. The summed E-state index contributed by atoms with van der Waals surface area (Å²) in [6.07, 6.45) is 6.28. The zero-order chi connectivity index (χ0) is 16.3. The van der Waals surface area contributed by atoms with Crippen molar-refractivity contribution in [2.24, 2.45) is 0 Å². The van der Waals surface area contributed by atoms with Crippen LogP contribution in [0.25, 0.3) is 11.0 Å². The molecular formula is C16H18N2O4S. The van der Waals surface area contributed by atoms with Gasteiger partial charge in [0, 0.05) is 11.0 Å². The molecule has 1 aliphatic rings. The van der Waals surface area contributed by atoms with Gasteiger partial charge in [0.15, 0.2) is 5.58 Å². The van der Waals surface area contributed by atoms with Gasteiger partial charge in [0.1, 0.15) is 11.4 Å². The van der Waals surface area contributed by atoms with Gasteiger partial charge in [-0.05, 0) is 37.8 Å². The molecular weight excluding hydrogens is 316 g/mol. The molecule has 1 aliphatic carbocycles. The Hall–Kier alpha value is -2.15. The van der Waals surface area contributed by atoms with Crippen LogP contribution in [-0.4, -0.2) is 19.5 Å². The predicted molar refractivity (Wildman–Crippen MR) is 85.9 cm³/mol. The normalized spacial score (nSPS) is 15.9. The Morgan fingerprint density at radius 2 is 2.04 bits per heavy atom. The van der Waals surface area contributed by atoms with Crippen LogP contribution in [0.3, 0.4) is 0 Å². The van der Waals surface area contributed by atoms with Gasteiger partial charge >= 0.3 is 0 Å². The summed E-state index contributed by atoms with van der Waals surface area (Å²) in [6, 6.07) is 7.02. The highest BCUT2D eigenvalue weighted by atomic mass is 32.2. The third-order valence-corrected chi connectivity index (χ3v) is 5.01. The van der Waals surface area contributed by atoms with Gasteiger partial charge in [-0.1, -0.05) is 29.8 Å². The number of aromatic nitrogens is 1. The third-order valence-electron chi connectivity index (χ3n) is 3.86. The first-order chi connectivity index (χ1) is 11.1. The summed E-state index contributed by atoms with van der Waals surface area (Å²) in [7, 11) is -3.82. The maximum absolute atomic E-state index is 12.2. The van der Waals surface area contributed by atoms with E-state index >= 15 is 0 Å². The van der Waals surface area contributed by atoms with E-state index in [1.165, 1.54) is 0 Å². The van der Waals surface area contributed by atoms with Crippen LogP contribution in [-0.2, 0) is 20.6 Å². The standard InChI is InChI=1S/C16H18N2O4S/c19-16(12-7-3-1-2-4-8-12)18-23(20,21)11-14-13-9-5-6-10-15(13)22-17-14/h5-7,9-10H,1-4,8,11H2,(H,18,19). The molecule has 122 valence electrons. The Balaban J connectivity index is 1.74. The van der Waals surface area contributed by atoms with Gasteiger partial charge in [-0.2, -0.15) is 0 Å². The van der Waals surface area contributed by atoms with Crippen LogP contribution >= 0.6 is 0 Å². The largest absolute Gasteiger partial charge is 0.356 e. The van der Waals surface area contributed by atoms with E-state index < -0.39 is 15.9 Å². The molecule has 0 unspecified atom stereocenters. The van der Waals surface area contributed by atoms with Crippen LogP contribution < -0.4 is 4.72 Å².